The molecule has 2 aromatic rings. The number of sulfonamides is 1. The van der Waals surface area contributed by atoms with Crippen LogP contribution in [-0.2, 0) is 16.4 Å². The number of anilines is 2. The number of fused-ring (bicyclic) bond motifs is 1. The molecule has 27 heavy (non-hydrogen) atoms. The number of hydrogen-bond donors (Lipinski definition) is 2. The van der Waals surface area contributed by atoms with Crippen LogP contribution >= 0.6 is 15.9 Å². The van der Waals surface area contributed by atoms with Gasteiger partial charge in [0.1, 0.15) is 5.82 Å². The molecule has 0 unspecified atom stereocenters. The molecule has 0 aliphatic carbocycles. The molecule has 0 atom stereocenters. The van der Waals surface area contributed by atoms with Gasteiger partial charge in [-0.15, -0.1) is 0 Å². The molecule has 144 valence electrons. The minimum atomic E-state index is -3.95. The lowest BCUT2D eigenvalue weighted by Gasteiger charge is -2.18. The Morgan fingerprint density at radius 3 is 2.74 bits per heavy atom. The van der Waals surface area contributed by atoms with E-state index in [1.54, 1.807) is 17.0 Å². The minimum absolute atomic E-state index is 0.0272. The molecule has 0 radical (unpaired) electrons. The zero-order valence-corrected chi connectivity index (χ0v) is 17.0. The topological polar surface area (TPSA) is 78.5 Å². The quantitative estimate of drug-likeness (QED) is 0.717. The molecular weight excluding hydrogens is 437 g/mol. The number of urea groups is 1. The van der Waals surface area contributed by atoms with E-state index < -0.39 is 15.8 Å². The van der Waals surface area contributed by atoms with Crippen molar-refractivity contribution in [2.24, 2.45) is 0 Å². The van der Waals surface area contributed by atoms with E-state index in [0.717, 1.165) is 12.0 Å². The highest BCUT2D eigenvalue weighted by Gasteiger charge is 2.26. The van der Waals surface area contributed by atoms with E-state index in [4.69, 9.17) is 0 Å². The summed E-state index contributed by atoms with van der Waals surface area (Å²) < 4.78 is 42.0. The molecule has 3 rings (SSSR count). The first-order valence-corrected chi connectivity index (χ1v) is 10.8. The fourth-order valence-corrected chi connectivity index (χ4v) is 4.31. The van der Waals surface area contributed by atoms with Gasteiger partial charge < -0.3 is 5.32 Å². The summed E-state index contributed by atoms with van der Waals surface area (Å²) in [6.45, 7) is 3.04. The van der Waals surface area contributed by atoms with Crippen LogP contribution < -0.4 is 14.9 Å². The average molecular weight is 456 g/mol. The number of halogens is 2. The summed E-state index contributed by atoms with van der Waals surface area (Å²) in [6.07, 6.45) is 1.40. The van der Waals surface area contributed by atoms with Crippen LogP contribution in [0.15, 0.2) is 45.8 Å². The average Bonchev–Trinajstić information content (AvgIpc) is 3.05. The molecule has 0 aromatic heterocycles. The van der Waals surface area contributed by atoms with Crippen LogP contribution in [-0.4, -0.2) is 27.5 Å². The number of hydrogen-bond acceptors (Lipinski definition) is 3. The number of rotatable bonds is 5. The lowest BCUT2D eigenvalue weighted by Crippen LogP contribution is -2.39. The van der Waals surface area contributed by atoms with Crippen molar-refractivity contribution in [1.29, 1.82) is 0 Å². The highest BCUT2D eigenvalue weighted by molar-refractivity contribution is 9.10. The summed E-state index contributed by atoms with van der Waals surface area (Å²) in [5.41, 5.74) is 1.33. The first-order chi connectivity index (χ1) is 12.8. The number of benzene rings is 2. The van der Waals surface area contributed by atoms with Gasteiger partial charge in [0, 0.05) is 23.2 Å². The molecule has 0 fully saturated rings. The second-order valence-corrected chi connectivity index (χ2v) is 8.75. The SMILES string of the molecule is CCCNC(=O)N1CCc2cc(S(=O)(=O)Nc3ccc(Br)cc3F)ccc21. The predicted molar refractivity (Wildman–Crippen MR) is 106 cm³/mol. The van der Waals surface area contributed by atoms with Gasteiger partial charge in [0.25, 0.3) is 10.0 Å². The van der Waals surface area contributed by atoms with Gasteiger partial charge in [-0.05, 0) is 54.8 Å². The Labute approximate surface area is 165 Å². The molecule has 0 saturated heterocycles. The van der Waals surface area contributed by atoms with Crippen molar-refractivity contribution in [2.75, 3.05) is 22.7 Å². The van der Waals surface area contributed by atoms with Crippen LogP contribution in [0.1, 0.15) is 18.9 Å². The maximum atomic E-state index is 13.9. The van der Waals surface area contributed by atoms with Crippen LogP contribution in [0.4, 0.5) is 20.6 Å². The first-order valence-electron chi connectivity index (χ1n) is 8.48. The van der Waals surface area contributed by atoms with Crippen molar-refractivity contribution >= 4 is 43.4 Å². The van der Waals surface area contributed by atoms with E-state index >= 15 is 0 Å². The van der Waals surface area contributed by atoms with Gasteiger partial charge in [0.2, 0.25) is 0 Å². The monoisotopic (exact) mass is 455 g/mol. The van der Waals surface area contributed by atoms with Crippen LogP contribution in [0, 0.1) is 5.82 Å². The Hall–Kier alpha value is -2.13. The number of nitrogens with zero attached hydrogens (tertiary/aromatic N) is 1. The first kappa shape index (κ1) is 19.6. The highest BCUT2D eigenvalue weighted by Crippen LogP contribution is 2.31. The van der Waals surface area contributed by atoms with E-state index in [9.17, 15) is 17.6 Å². The highest BCUT2D eigenvalue weighted by atomic mass is 79.9. The largest absolute Gasteiger partial charge is 0.338 e. The fourth-order valence-electron chi connectivity index (χ4n) is 2.86. The maximum Gasteiger partial charge on any atom is 0.321 e. The zero-order chi connectivity index (χ0) is 19.6. The molecule has 9 heteroatoms. The number of amides is 2. The zero-order valence-electron chi connectivity index (χ0n) is 14.6. The van der Waals surface area contributed by atoms with Gasteiger partial charge in [-0.3, -0.25) is 9.62 Å². The van der Waals surface area contributed by atoms with Crippen LogP contribution in [0.2, 0.25) is 0 Å². The van der Waals surface area contributed by atoms with Gasteiger partial charge in [-0.1, -0.05) is 22.9 Å². The Bertz CT molecular complexity index is 982. The predicted octanol–water partition coefficient (Wildman–Crippen LogP) is 3.87. The van der Waals surface area contributed by atoms with Crippen LogP contribution in [0.5, 0.6) is 0 Å². The summed E-state index contributed by atoms with van der Waals surface area (Å²) in [5, 5.41) is 2.81. The molecule has 1 aliphatic rings. The number of nitrogens with one attached hydrogen (secondary N) is 2. The van der Waals surface area contributed by atoms with E-state index in [2.05, 4.69) is 26.0 Å². The summed E-state index contributed by atoms with van der Waals surface area (Å²) >= 11 is 3.13. The molecule has 2 N–H and O–H groups in total. The fraction of sp³-hybridized carbons (Fsp3) is 0.278. The molecule has 0 bridgehead atoms. The normalized spacial score (nSPS) is 13.4. The van der Waals surface area contributed by atoms with Gasteiger partial charge in [0.15, 0.2) is 0 Å². The summed E-state index contributed by atoms with van der Waals surface area (Å²) in [7, 11) is -3.95. The molecule has 6 nitrogen and oxygen atoms in total. The van der Waals surface area contributed by atoms with Crippen molar-refractivity contribution in [2.45, 2.75) is 24.7 Å². The van der Waals surface area contributed by atoms with Gasteiger partial charge >= 0.3 is 6.03 Å². The van der Waals surface area contributed by atoms with Gasteiger partial charge in [0.05, 0.1) is 10.6 Å². The molecule has 1 aliphatic heterocycles. The number of carbonyl (C=O) groups is 1. The number of carbonyl (C=O) groups excluding carboxylic acids is 1. The lowest BCUT2D eigenvalue weighted by molar-refractivity contribution is 0.247. The van der Waals surface area contributed by atoms with E-state index in [1.165, 1.54) is 24.3 Å². The van der Waals surface area contributed by atoms with Crippen molar-refractivity contribution in [1.82, 2.24) is 5.32 Å². The van der Waals surface area contributed by atoms with E-state index in [0.29, 0.717) is 29.7 Å². The Morgan fingerprint density at radius 2 is 2.04 bits per heavy atom. The maximum absolute atomic E-state index is 13.9. The Kier molecular flexibility index (Phi) is 5.71. The third-order valence-corrected chi connectivity index (χ3v) is 6.06. The van der Waals surface area contributed by atoms with Gasteiger partial charge in [-0.2, -0.15) is 0 Å². The molecule has 2 amide bonds. The van der Waals surface area contributed by atoms with Crippen molar-refractivity contribution in [3.8, 4) is 0 Å². The van der Waals surface area contributed by atoms with Crippen LogP contribution in [0.3, 0.4) is 0 Å². The Morgan fingerprint density at radius 1 is 1.26 bits per heavy atom. The van der Waals surface area contributed by atoms with Crippen molar-refractivity contribution in [3.05, 3.63) is 52.3 Å². The third-order valence-electron chi connectivity index (χ3n) is 4.20. The molecule has 0 spiro atoms. The summed E-state index contributed by atoms with van der Waals surface area (Å²) in [4.78, 5) is 13.8. The third kappa shape index (κ3) is 4.24. The van der Waals surface area contributed by atoms with E-state index in [1.807, 2.05) is 6.92 Å². The van der Waals surface area contributed by atoms with Gasteiger partial charge in [-0.25, -0.2) is 17.6 Å². The summed E-state index contributed by atoms with van der Waals surface area (Å²) in [6, 6.07) is 8.46. The lowest BCUT2D eigenvalue weighted by atomic mass is 10.2. The van der Waals surface area contributed by atoms with Crippen molar-refractivity contribution < 1.29 is 17.6 Å². The summed E-state index contributed by atoms with van der Waals surface area (Å²) in [5.74, 6) is -0.673. The molecular formula is C18H19BrFN3O3S. The van der Waals surface area contributed by atoms with Crippen molar-refractivity contribution in [3.63, 3.8) is 0 Å². The van der Waals surface area contributed by atoms with E-state index in [-0.39, 0.29) is 16.6 Å². The second-order valence-electron chi connectivity index (χ2n) is 6.15. The standard InChI is InChI=1S/C18H19BrFN3O3S/c1-2-8-21-18(24)23-9-7-12-10-14(4-6-17(12)23)27(25,26)22-16-5-3-13(19)11-15(16)20/h3-6,10-11,22H,2,7-9H2,1H3,(H,21,24). The molecule has 0 saturated carbocycles. The smallest absolute Gasteiger partial charge is 0.321 e. The Balaban J connectivity index is 1.83. The second kappa shape index (κ2) is 7.85. The minimum Gasteiger partial charge on any atom is -0.338 e. The van der Waals surface area contributed by atoms with Crippen LogP contribution in [0.25, 0.3) is 0 Å². The molecule has 1 heterocycles. The molecule has 2 aromatic carbocycles.